The first kappa shape index (κ1) is 9.96. The molecule has 0 bridgehead atoms. The van der Waals surface area contributed by atoms with Gasteiger partial charge in [0.1, 0.15) is 0 Å². The molecule has 1 heterocycles. The minimum atomic E-state index is 0.263. The van der Waals surface area contributed by atoms with Gasteiger partial charge in [0.25, 0.3) is 0 Å². The van der Waals surface area contributed by atoms with Gasteiger partial charge in [-0.3, -0.25) is 0 Å². The molecule has 3 heteroatoms. The van der Waals surface area contributed by atoms with Crippen molar-refractivity contribution in [3.8, 4) is 0 Å². The van der Waals surface area contributed by atoms with Gasteiger partial charge in [0.2, 0.25) is 0 Å². The molecule has 1 fully saturated rings. The summed E-state index contributed by atoms with van der Waals surface area (Å²) >= 11 is 0. The van der Waals surface area contributed by atoms with Crippen molar-refractivity contribution in [2.24, 2.45) is 0 Å². The number of rotatable bonds is 3. The second-order valence-corrected chi connectivity index (χ2v) is 3.45. The van der Waals surface area contributed by atoms with Crippen LogP contribution in [0.25, 0.3) is 0 Å². The molecule has 72 valence electrons. The molecule has 0 aromatic heterocycles. The maximum Gasteiger partial charge on any atom is 0.0939 e. The highest BCUT2D eigenvalue weighted by atomic mass is 16.5. The molecular weight excluding hydrogens is 154 g/mol. The van der Waals surface area contributed by atoms with Gasteiger partial charge in [-0.2, -0.15) is 0 Å². The van der Waals surface area contributed by atoms with E-state index in [9.17, 15) is 0 Å². The fourth-order valence-corrected chi connectivity index (χ4v) is 1.62. The van der Waals surface area contributed by atoms with Gasteiger partial charge < -0.3 is 14.4 Å². The second kappa shape index (κ2) is 4.80. The molecule has 1 saturated heterocycles. The van der Waals surface area contributed by atoms with Gasteiger partial charge >= 0.3 is 0 Å². The first-order valence-corrected chi connectivity index (χ1v) is 4.64. The Morgan fingerprint density at radius 1 is 1.50 bits per heavy atom. The predicted molar refractivity (Wildman–Crippen MR) is 48.3 cm³/mol. The molecule has 0 amide bonds. The zero-order valence-electron chi connectivity index (χ0n) is 8.25. The molecular formula is C9H19NO2. The smallest absolute Gasteiger partial charge is 0.0939 e. The van der Waals surface area contributed by atoms with Gasteiger partial charge in [-0.1, -0.05) is 0 Å². The van der Waals surface area contributed by atoms with Crippen molar-refractivity contribution >= 4 is 0 Å². The molecule has 0 radical (unpaired) electrons. The molecule has 0 aromatic carbocycles. The fourth-order valence-electron chi connectivity index (χ4n) is 1.62. The van der Waals surface area contributed by atoms with Crippen molar-refractivity contribution in [1.29, 1.82) is 0 Å². The maximum absolute atomic E-state index is 5.69. The Hall–Kier alpha value is -0.120. The van der Waals surface area contributed by atoms with Gasteiger partial charge in [-0.25, -0.2) is 0 Å². The van der Waals surface area contributed by atoms with Gasteiger partial charge in [0, 0.05) is 19.7 Å². The third kappa shape index (κ3) is 3.09. The van der Waals surface area contributed by atoms with E-state index in [-0.39, 0.29) is 6.10 Å². The van der Waals surface area contributed by atoms with Crippen molar-refractivity contribution in [1.82, 2.24) is 4.90 Å². The number of hydrogen-bond acceptors (Lipinski definition) is 3. The molecule has 0 N–H and O–H groups in total. The Balaban J connectivity index is 2.24. The molecule has 12 heavy (non-hydrogen) atoms. The molecule has 1 aliphatic rings. The van der Waals surface area contributed by atoms with Gasteiger partial charge in [0.15, 0.2) is 0 Å². The molecule has 2 atom stereocenters. The van der Waals surface area contributed by atoms with E-state index in [4.69, 9.17) is 9.47 Å². The average molecular weight is 173 g/mol. The molecule has 1 aliphatic heterocycles. The Morgan fingerprint density at radius 3 is 2.83 bits per heavy atom. The van der Waals surface area contributed by atoms with E-state index >= 15 is 0 Å². The summed E-state index contributed by atoms with van der Waals surface area (Å²) in [6, 6.07) is 0. The predicted octanol–water partition coefficient (Wildman–Crippen LogP) is 0.742. The number of ether oxygens (including phenoxy) is 2. The summed E-state index contributed by atoms with van der Waals surface area (Å²) in [5, 5.41) is 0. The molecule has 0 aromatic rings. The van der Waals surface area contributed by atoms with Crippen molar-refractivity contribution in [2.45, 2.75) is 26.1 Å². The van der Waals surface area contributed by atoms with Gasteiger partial charge in [-0.15, -0.1) is 0 Å². The van der Waals surface area contributed by atoms with Crippen LogP contribution in [-0.2, 0) is 9.47 Å². The summed E-state index contributed by atoms with van der Waals surface area (Å²) in [6.45, 7) is 7.64. The summed E-state index contributed by atoms with van der Waals surface area (Å²) in [7, 11) is 2.12. The van der Waals surface area contributed by atoms with Crippen LogP contribution in [0, 0.1) is 0 Å². The van der Waals surface area contributed by atoms with E-state index in [1.54, 1.807) is 0 Å². The van der Waals surface area contributed by atoms with Crippen LogP contribution >= 0.6 is 0 Å². The molecule has 0 saturated carbocycles. The Morgan fingerprint density at radius 2 is 2.25 bits per heavy atom. The van der Waals surface area contributed by atoms with E-state index in [0.29, 0.717) is 6.10 Å². The third-order valence-corrected chi connectivity index (χ3v) is 2.02. The van der Waals surface area contributed by atoms with Crippen molar-refractivity contribution < 1.29 is 9.47 Å². The highest BCUT2D eigenvalue weighted by Crippen LogP contribution is 2.09. The number of likely N-dealkylation sites (N-methyl/N-ethyl adjacent to an activating group) is 1. The highest BCUT2D eigenvalue weighted by molar-refractivity contribution is 4.72. The zero-order valence-corrected chi connectivity index (χ0v) is 8.25. The Labute approximate surface area is 74.6 Å². The van der Waals surface area contributed by atoms with Crippen LogP contribution in [0.1, 0.15) is 13.8 Å². The summed E-state index contributed by atoms with van der Waals surface area (Å²) < 4.78 is 11.0. The van der Waals surface area contributed by atoms with Crippen LogP contribution in [0.5, 0.6) is 0 Å². The number of hydrogen-bond donors (Lipinski definition) is 0. The monoisotopic (exact) mass is 173 g/mol. The lowest BCUT2D eigenvalue weighted by atomic mass is 10.2. The van der Waals surface area contributed by atoms with Crippen LogP contribution in [0.3, 0.4) is 0 Å². The summed E-state index contributed by atoms with van der Waals surface area (Å²) in [4.78, 5) is 2.29. The SMILES string of the molecule is CCOCC1CN(C)CC(C)O1. The summed E-state index contributed by atoms with van der Waals surface area (Å²) in [5.41, 5.74) is 0. The highest BCUT2D eigenvalue weighted by Gasteiger charge is 2.22. The van der Waals surface area contributed by atoms with E-state index in [0.717, 1.165) is 26.3 Å². The number of nitrogens with zero attached hydrogens (tertiary/aromatic N) is 1. The van der Waals surface area contributed by atoms with Crippen LogP contribution in [0.2, 0.25) is 0 Å². The van der Waals surface area contributed by atoms with E-state index < -0.39 is 0 Å². The van der Waals surface area contributed by atoms with Crippen LogP contribution in [0.4, 0.5) is 0 Å². The normalized spacial score (nSPS) is 32.2. The standard InChI is InChI=1S/C9H19NO2/c1-4-11-7-9-6-10(3)5-8(2)12-9/h8-9H,4-7H2,1-3H3. The minimum Gasteiger partial charge on any atom is -0.379 e. The fraction of sp³-hybridized carbons (Fsp3) is 1.00. The van der Waals surface area contributed by atoms with Gasteiger partial charge in [0.05, 0.1) is 18.8 Å². The minimum absolute atomic E-state index is 0.263. The largest absolute Gasteiger partial charge is 0.379 e. The van der Waals surface area contributed by atoms with E-state index in [1.165, 1.54) is 0 Å². The molecule has 1 rings (SSSR count). The lowest BCUT2D eigenvalue weighted by Gasteiger charge is -2.34. The van der Waals surface area contributed by atoms with Crippen molar-refractivity contribution in [3.05, 3.63) is 0 Å². The summed E-state index contributed by atoms with van der Waals surface area (Å²) in [6.07, 6.45) is 0.605. The lowest BCUT2D eigenvalue weighted by molar-refractivity contribution is -0.0996. The van der Waals surface area contributed by atoms with Crippen LogP contribution in [-0.4, -0.2) is 50.5 Å². The lowest BCUT2D eigenvalue weighted by Crippen LogP contribution is -2.46. The first-order chi connectivity index (χ1) is 5.72. The maximum atomic E-state index is 5.69. The van der Waals surface area contributed by atoms with Crippen molar-refractivity contribution in [3.63, 3.8) is 0 Å². The quantitative estimate of drug-likeness (QED) is 0.628. The first-order valence-electron chi connectivity index (χ1n) is 4.64. The van der Waals surface area contributed by atoms with Crippen molar-refractivity contribution in [2.75, 3.05) is 33.4 Å². The summed E-state index contributed by atoms with van der Waals surface area (Å²) in [5.74, 6) is 0. The molecule has 0 spiro atoms. The Bertz CT molecular complexity index is 120. The number of morpholine rings is 1. The third-order valence-electron chi connectivity index (χ3n) is 2.02. The average Bonchev–Trinajstić information content (AvgIpc) is 1.99. The van der Waals surface area contributed by atoms with E-state index in [1.807, 2.05) is 6.92 Å². The van der Waals surface area contributed by atoms with Gasteiger partial charge in [-0.05, 0) is 20.9 Å². The molecule has 3 nitrogen and oxygen atoms in total. The van der Waals surface area contributed by atoms with E-state index in [2.05, 4.69) is 18.9 Å². The van der Waals surface area contributed by atoms with Crippen LogP contribution < -0.4 is 0 Å². The van der Waals surface area contributed by atoms with Crippen LogP contribution in [0.15, 0.2) is 0 Å². The second-order valence-electron chi connectivity index (χ2n) is 3.45. The zero-order chi connectivity index (χ0) is 8.97. The molecule has 2 unspecified atom stereocenters. The molecule has 0 aliphatic carbocycles. The topological polar surface area (TPSA) is 21.7 Å². The Kier molecular flexibility index (Phi) is 3.98.